The van der Waals surface area contributed by atoms with Gasteiger partial charge in [-0.05, 0) is 51.1 Å². The van der Waals surface area contributed by atoms with Gasteiger partial charge in [-0.3, -0.25) is 4.90 Å². The predicted octanol–water partition coefficient (Wildman–Crippen LogP) is 4.16. The lowest BCUT2D eigenvalue weighted by Crippen LogP contribution is -2.37. The topological polar surface area (TPSA) is 24.5 Å². The summed E-state index contributed by atoms with van der Waals surface area (Å²) in [6, 6.07) is 6.50. The molecule has 1 unspecified atom stereocenters. The molecular weight excluding hydrogens is 343 g/mol. The van der Waals surface area contributed by atoms with Crippen LogP contribution in [0.4, 0.5) is 0 Å². The fourth-order valence-electron chi connectivity index (χ4n) is 2.90. The maximum absolute atomic E-state index is 6.08. The normalized spacial score (nSPS) is 17.7. The van der Waals surface area contributed by atoms with E-state index in [4.69, 9.17) is 16.3 Å². The van der Waals surface area contributed by atoms with Gasteiger partial charge >= 0.3 is 0 Å². The number of hydrogen-bond acceptors (Lipinski definition) is 3. The lowest BCUT2D eigenvalue weighted by atomic mass is 10.1. The van der Waals surface area contributed by atoms with Crippen LogP contribution in [0.3, 0.4) is 0 Å². The van der Waals surface area contributed by atoms with Crippen LogP contribution in [0.5, 0.6) is 5.75 Å². The van der Waals surface area contributed by atoms with Crippen molar-refractivity contribution >= 4 is 36.4 Å². The van der Waals surface area contributed by atoms with Gasteiger partial charge in [0.15, 0.2) is 0 Å². The van der Waals surface area contributed by atoms with Gasteiger partial charge in [0.05, 0.1) is 6.61 Å². The second-order valence-corrected chi connectivity index (χ2v) is 5.68. The Kier molecular flexibility index (Phi) is 11.3. The molecule has 0 saturated carbocycles. The Hall–Kier alpha value is -0.190. The van der Waals surface area contributed by atoms with E-state index in [2.05, 4.69) is 17.1 Å². The molecule has 1 N–H and O–H groups in total. The van der Waals surface area contributed by atoms with Crippen LogP contribution in [-0.2, 0) is 6.54 Å². The van der Waals surface area contributed by atoms with E-state index in [0.717, 1.165) is 36.0 Å². The van der Waals surface area contributed by atoms with Crippen LogP contribution in [0.25, 0.3) is 0 Å². The fourth-order valence-corrected chi connectivity index (χ4v) is 3.09. The number of benzene rings is 1. The largest absolute Gasteiger partial charge is 0.494 e. The maximum atomic E-state index is 6.08. The van der Waals surface area contributed by atoms with Crippen molar-refractivity contribution in [3.63, 3.8) is 0 Å². The number of hydrogen-bond donors (Lipinski definition) is 1. The Bertz CT molecular complexity index is 432. The highest BCUT2D eigenvalue weighted by atomic mass is 35.5. The van der Waals surface area contributed by atoms with Crippen LogP contribution in [0.2, 0.25) is 5.02 Å². The molecule has 0 spiro atoms. The number of nitrogens with zero attached hydrogens (tertiary/aromatic N) is 1. The molecule has 2 rings (SSSR count). The van der Waals surface area contributed by atoms with Crippen molar-refractivity contribution in [2.75, 3.05) is 26.2 Å². The van der Waals surface area contributed by atoms with Gasteiger partial charge in [-0.1, -0.05) is 18.5 Å². The zero-order valence-electron chi connectivity index (χ0n) is 13.3. The van der Waals surface area contributed by atoms with E-state index in [1.165, 1.54) is 19.4 Å². The van der Waals surface area contributed by atoms with E-state index < -0.39 is 0 Å². The van der Waals surface area contributed by atoms with Crippen LogP contribution in [-0.4, -0.2) is 37.2 Å². The third-order valence-electron chi connectivity index (χ3n) is 3.92. The third-order valence-corrected chi connectivity index (χ3v) is 4.16. The molecule has 1 aliphatic rings. The number of likely N-dealkylation sites (tertiary alicyclic amines) is 1. The van der Waals surface area contributed by atoms with Crippen molar-refractivity contribution in [1.82, 2.24) is 10.2 Å². The van der Waals surface area contributed by atoms with E-state index in [-0.39, 0.29) is 24.8 Å². The molecule has 1 aromatic rings. The first-order valence-electron chi connectivity index (χ1n) is 7.60. The molecule has 1 heterocycles. The molecule has 0 amide bonds. The summed E-state index contributed by atoms with van der Waals surface area (Å²) in [4.78, 5) is 2.55. The third kappa shape index (κ3) is 6.13. The molecule has 0 aromatic heterocycles. The monoisotopic (exact) mass is 368 g/mol. The summed E-state index contributed by atoms with van der Waals surface area (Å²) in [6.07, 6.45) is 2.62. The maximum Gasteiger partial charge on any atom is 0.123 e. The van der Waals surface area contributed by atoms with Crippen molar-refractivity contribution in [2.24, 2.45) is 0 Å². The van der Waals surface area contributed by atoms with E-state index in [9.17, 15) is 0 Å². The lowest BCUT2D eigenvalue weighted by molar-refractivity contribution is 0.259. The standard InChI is InChI=1S/C16H25ClN2O.2ClH/c1-3-19-9-5-6-15(19)12-18-11-13-10-14(17)7-8-16(13)20-4-2;;/h7-8,10,15,18H,3-6,9,11-12H2,1-2H3;2*1H. The quantitative estimate of drug-likeness (QED) is 0.781. The molecular formula is C16H27Cl3N2O. The SMILES string of the molecule is CCOc1ccc(Cl)cc1CNCC1CCCN1CC.Cl.Cl. The summed E-state index contributed by atoms with van der Waals surface area (Å²) in [5, 5.41) is 4.32. The molecule has 3 nitrogen and oxygen atoms in total. The summed E-state index contributed by atoms with van der Waals surface area (Å²) < 4.78 is 5.65. The highest BCUT2D eigenvalue weighted by Gasteiger charge is 2.22. The average Bonchev–Trinajstić information content (AvgIpc) is 2.89. The fraction of sp³-hybridized carbons (Fsp3) is 0.625. The zero-order chi connectivity index (χ0) is 14.4. The molecule has 128 valence electrons. The molecule has 22 heavy (non-hydrogen) atoms. The highest BCUT2D eigenvalue weighted by Crippen LogP contribution is 2.23. The predicted molar refractivity (Wildman–Crippen MR) is 99.1 cm³/mol. The Morgan fingerprint density at radius 1 is 1.32 bits per heavy atom. The van der Waals surface area contributed by atoms with E-state index in [1.807, 2.05) is 25.1 Å². The van der Waals surface area contributed by atoms with Gasteiger partial charge in [-0.25, -0.2) is 0 Å². The van der Waals surface area contributed by atoms with Gasteiger partial charge in [0.2, 0.25) is 0 Å². The zero-order valence-corrected chi connectivity index (χ0v) is 15.7. The summed E-state index contributed by atoms with van der Waals surface area (Å²) in [7, 11) is 0. The van der Waals surface area contributed by atoms with Crippen molar-refractivity contribution < 1.29 is 4.74 Å². The first-order valence-corrected chi connectivity index (χ1v) is 7.98. The molecule has 1 saturated heterocycles. The van der Waals surface area contributed by atoms with Crippen molar-refractivity contribution in [3.05, 3.63) is 28.8 Å². The Morgan fingerprint density at radius 2 is 2.09 bits per heavy atom. The second-order valence-electron chi connectivity index (χ2n) is 5.24. The van der Waals surface area contributed by atoms with E-state index >= 15 is 0 Å². The van der Waals surface area contributed by atoms with Gasteiger partial charge in [0, 0.05) is 29.7 Å². The van der Waals surface area contributed by atoms with Gasteiger partial charge in [0.1, 0.15) is 5.75 Å². The molecule has 0 bridgehead atoms. The van der Waals surface area contributed by atoms with Gasteiger partial charge in [0.25, 0.3) is 0 Å². The lowest BCUT2D eigenvalue weighted by Gasteiger charge is -2.23. The van der Waals surface area contributed by atoms with Crippen molar-refractivity contribution in [2.45, 2.75) is 39.3 Å². The average molecular weight is 370 g/mol. The van der Waals surface area contributed by atoms with Gasteiger partial charge in [-0.2, -0.15) is 0 Å². The Balaban J connectivity index is 0.00000220. The summed E-state index contributed by atoms with van der Waals surface area (Å²) in [5.74, 6) is 0.933. The molecule has 1 atom stereocenters. The van der Waals surface area contributed by atoms with Crippen LogP contribution < -0.4 is 10.1 Å². The summed E-state index contributed by atoms with van der Waals surface area (Å²) in [5.41, 5.74) is 1.14. The summed E-state index contributed by atoms with van der Waals surface area (Å²) in [6.45, 7) is 9.15. The Labute approximate surface area is 151 Å². The second kappa shape index (κ2) is 11.4. The van der Waals surface area contributed by atoms with Crippen molar-refractivity contribution in [3.8, 4) is 5.75 Å². The van der Waals surface area contributed by atoms with Gasteiger partial charge < -0.3 is 10.1 Å². The van der Waals surface area contributed by atoms with Crippen LogP contribution in [0.1, 0.15) is 32.3 Å². The van der Waals surface area contributed by atoms with Crippen LogP contribution in [0.15, 0.2) is 18.2 Å². The highest BCUT2D eigenvalue weighted by molar-refractivity contribution is 6.30. The van der Waals surface area contributed by atoms with Crippen LogP contribution >= 0.6 is 36.4 Å². The molecule has 0 aliphatic carbocycles. The Morgan fingerprint density at radius 3 is 2.77 bits per heavy atom. The van der Waals surface area contributed by atoms with E-state index in [1.54, 1.807) is 0 Å². The van der Waals surface area contributed by atoms with E-state index in [0.29, 0.717) is 12.6 Å². The molecule has 1 aliphatic heterocycles. The number of halogens is 3. The van der Waals surface area contributed by atoms with Crippen molar-refractivity contribution in [1.29, 1.82) is 0 Å². The first-order chi connectivity index (χ1) is 9.74. The smallest absolute Gasteiger partial charge is 0.123 e. The summed E-state index contributed by atoms with van der Waals surface area (Å²) >= 11 is 6.08. The van der Waals surface area contributed by atoms with Crippen LogP contribution in [0, 0.1) is 0 Å². The minimum atomic E-state index is 0. The molecule has 1 fully saturated rings. The van der Waals surface area contributed by atoms with Gasteiger partial charge in [-0.15, -0.1) is 24.8 Å². The first kappa shape index (κ1) is 21.8. The molecule has 6 heteroatoms. The molecule has 0 radical (unpaired) electrons. The minimum Gasteiger partial charge on any atom is -0.494 e. The molecule has 1 aromatic carbocycles. The number of likely N-dealkylation sites (N-methyl/N-ethyl adjacent to an activating group) is 1. The number of nitrogens with one attached hydrogen (secondary N) is 1. The minimum absolute atomic E-state index is 0. The number of ether oxygens (including phenoxy) is 1. The number of rotatable bonds is 7.